The molecular formula is C8H16N4O2S. The molecule has 1 atom stereocenters. The van der Waals surface area contributed by atoms with Crippen molar-refractivity contribution in [3.05, 3.63) is 0 Å². The molecule has 2 amide bonds. The summed E-state index contributed by atoms with van der Waals surface area (Å²) in [4.78, 5) is 23.3. The molecule has 0 aromatic rings. The molecule has 7 heteroatoms. The van der Waals surface area contributed by atoms with Crippen LogP contribution in [0.1, 0.15) is 6.92 Å². The van der Waals surface area contributed by atoms with Crippen molar-refractivity contribution in [3.8, 4) is 0 Å². The van der Waals surface area contributed by atoms with Crippen molar-refractivity contribution in [2.45, 2.75) is 6.92 Å². The quantitative estimate of drug-likeness (QED) is 0.447. The average Bonchev–Trinajstić information content (AvgIpc) is 2.00. The maximum Gasteiger partial charge on any atom is 0.231 e. The predicted molar refractivity (Wildman–Crippen MR) is 60.8 cm³/mol. The lowest BCUT2D eigenvalue weighted by Crippen LogP contribution is -2.43. The molecule has 0 radical (unpaired) electrons. The Morgan fingerprint density at radius 2 is 1.60 bits per heavy atom. The van der Waals surface area contributed by atoms with Crippen molar-refractivity contribution in [1.29, 1.82) is 0 Å². The Hall–Kier alpha value is -1.21. The summed E-state index contributed by atoms with van der Waals surface area (Å²) in [6, 6.07) is 0. The lowest BCUT2D eigenvalue weighted by Gasteiger charge is -2.22. The zero-order valence-corrected chi connectivity index (χ0v) is 9.42. The number of carbonyl (C=O) groups is 2. The van der Waals surface area contributed by atoms with Gasteiger partial charge in [-0.2, -0.15) is 0 Å². The van der Waals surface area contributed by atoms with Crippen LogP contribution < -0.4 is 17.2 Å². The van der Waals surface area contributed by atoms with Gasteiger partial charge in [-0.05, 0) is 0 Å². The molecule has 1 unspecified atom stereocenters. The van der Waals surface area contributed by atoms with Crippen molar-refractivity contribution < 1.29 is 9.59 Å². The monoisotopic (exact) mass is 232 g/mol. The summed E-state index contributed by atoms with van der Waals surface area (Å²) in [6.45, 7) is 2.13. The van der Waals surface area contributed by atoms with Gasteiger partial charge in [0.2, 0.25) is 11.8 Å². The minimum absolute atomic E-state index is 0.0319. The van der Waals surface area contributed by atoms with Gasteiger partial charge in [0.15, 0.2) is 0 Å². The molecule has 0 rings (SSSR count). The van der Waals surface area contributed by atoms with Gasteiger partial charge >= 0.3 is 0 Å². The third-order valence-corrected chi connectivity index (χ3v) is 2.18. The predicted octanol–water partition coefficient (Wildman–Crippen LogP) is -1.82. The number of rotatable bonds is 7. The number of carbonyl (C=O) groups excluding carboxylic acids is 2. The number of nitrogens with zero attached hydrogens (tertiary/aromatic N) is 1. The zero-order chi connectivity index (χ0) is 12.0. The van der Waals surface area contributed by atoms with Gasteiger partial charge in [-0.3, -0.25) is 14.5 Å². The van der Waals surface area contributed by atoms with E-state index in [1.54, 1.807) is 6.92 Å². The summed E-state index contributed by atoms with van der Waals surface area (Å²) >= 11 is 4.78. The summed E-state index contributed by atoms with van der Waals surface area (Å²) in [5.41, 5.74) is 15.5. The first-order chi connectivity index (χ1) is 6.82. The van der Waals surface area contributed by atoms with E-state index in [9.17, 15) is 9.59 Å². The number of thiocarbonyl (C=S) groups is 1. The molecule has 0 saturated heterocycles. The van der Waals surface area contributed by atoms with E-state index in [1.807, 2.05) is 0 Å². The fourth-order valence-corrected chi connectivity index (χ4v) is 1.18. The highest BCUT2D eigenvalue weighted by Gasteiger charge is 2.15. The van der Waals surface area contributed by atoms with E-state index in [-0.39, 0.29) is 19.0 Å². The molecule has 0 aliphatic carbocycles. The van der Waals surface area contributed by atoms with Crippen molar-refractivity contribution in [2.24, 2.45) is 23.1 Å². The van der Waals surface area contributed by atoms with Crippen LogP contribution >= 0.6 is 12.2 Å². The average molecular weight is 232 g/mol. The second-order valence-corrected chi connectivity index (χ2v) is 3.88. The van der Waals surface area contributed by atoms with Crippen LogP contribution in [0.2, 0.25) is 0 Å². The largest absolute Gasteiger partial charge is 0.393 e. The maximum atomic E-state index is 10.7. The number of hydrogen-bond donors (Lipinski definition) is 3. The van der Waals surface area contributed by atoms with Crippen LogP contribution in [0.15, 0.2) is 0 Å². The topological polar surface area (TPSA) is 115 Å². The summed E-state index contributed by atoms with van der Waals surface area (Å²) in [5, 5.41) is 0. The van der Waals surface area contributed by atoms with Crippen molar-refractivity contribution >= 4 is 29.0 Å². The number of amides is 2. The highest BCUT2D eigenvalue weighted by Crippen LogP contribution is 1.99. The molecule has 0 heterocycles. The lowest BCUT2D eigenvalue weighted by atomic mass is 10.1. The Bertz CT molecular complexity index is 253. The first-order valence-electron chi connectivity index (χ1n) is 4.41. The number of nitrogens with two attached hydrogens (primary N) is 3. The maximum absolute atomic E-state index is 10.7. The smallest absolute Gasteiger partial charge is 0.231 e. The van der Waals surface area contributed by atoms with Gasteiger partial charge in [0.1, 0.15) is 0 Å². The van der Waals surface area contributed by atoms with Gasteiger partial charge in [-0.15, -0.1) is 0 Å². The summed E-state index contributed by atoms with van der Waals surface area (Å²) in [6.07, 6.45) is 0. The second kappa shape index (κ2) is 6.31. The molecule has 0 bridgehead atoms. The molecular weight excluding hydrogens is 216 g/mol. The molecule has 0 spiro atoms. The second-order valence-electron chi connectivity index (χ2n) is 3.41. The van der Waals surface area contributed by atoms with E-state index >= 15 is 0 Å². The van der Waals surface area contributed by atoms with Gasteiger partial charge in [0.05, 0.1) is 18.1 Å². The summed E-state index contributed by atoms with van der Waals surface area (Å²) in [5.74, 6) is -1.14. The van der Waals surface area contributed by atoms with Gasteiger partial charge in [-0.1, -0.05) is 19.1 Å². The fraction of sp³-hybridized carbons (Fsp3) is 0.625. The van der Waals surface area contributed by atoms with Crippen LogP contribution in [0.5, 0.6) is 0 Å². The van der Waals surface area contributed by atoms with E-state index in [1.165, 1.54) is 4.90 Å². The highest BCUT2D eigenvalue weighted by atomic mass is 32.1. The van der Waals surface area contributed by atoms with Crippen LogP contribution in [0.3, 0.4) is 0 Å². The molecule has 6 nitrogen and oxygen atoms in total. The van der Waals surface area contributed by atoms with E-state index in [2.05, 4.69) is 0 Å². The van der Waals surface area contributed by atoms with Gasteiger partial charge in [-0.25, -0.2) is 0 Å². The molecule has 86 valence electrons. The Morgan fingerprint density at radius 3 is 1.87 bits per heavy atom. The molecule has 0 aromatic heterocycles. The van der Waals surface area contributed by atoms with Crippen LogP contribution in [-0.4, -0.2) is 41.3 Å². The molecule has 15 heavy (non-hydrogen) atoms. The number of hydrogen-bond acceptors (Lipinski definition) is 4. The van der Waals surface area contributed by atoms with Gasteiger partial charge in [0, 0.05) is 12.5 Å². The van der Waals surface area contributed by atoms with Crippen molar-refractivity contribution in [2.75, 3.05) is 19.6 Å². The zero-order valence-electron chi connectivity index (χ0n) is 8.60. The molecule has 0 saturated carbocycles. The molecule has 0 aromatic carbocycles. The van der Waals surface area contributed by atoms with Crippen molar-refractivity contribution in [1.82, 2.24) is 4.90 Å². The van der Waals surface area contributed by atoms with E-state index in [0.717, 1.165) is 0 Å². The highest BCUT2D eigenvalue weighted by molar-refractivity contribution is 7.80. The fourth-order valence-electron chi connectivity index (χ4n) is 1.10. The first-order valence-corrected chi connectivity index (χ1v) is 4.82. The van der Waals surface area contributed by atoms with Crippen LogP contribution in [0.25, 0.3) is 0 Å². The van der Waals surface area contributed by atoms with Crippen molar-refractivity contribution in [3.63, 3.8) is 0 Å². The van der Waals surface area contributed by atoms with E-state index in [0.29, 0.717) is 11.5 Å². The minimum Gasteiger partial charge on any atom is -0.393 e. The Morgan fingerprint density at radius 1 is 1.20 bits per heavy atom. The lowest BCUT2D eigenvalue weighted by molar-refractivity contribution is -0.122. The van der Waals surface area contributed by atoms with E-state index in [4.69, 9.17) is 29.4 Å². The standard InChI is InChI=1S/C8H16N4O2S/c1-5(8(11)15)2-12(3-6(9)13)4-7(10)14/h5H,2-4H2,1H3,(H2,9,13)(H2,10,14)(H2,11,15). The van der Waals surface area contributed by atoms with Gasteiger partial charge < -0.3 is 17.2 Å². The van der Waals surface area contributed by atoms with Crippen LogP contribution in [-0.2, 0) is 9.59 Å². The molecule has 0 aliphatic heterocycles. The summed E-state index contributed by atoms with van der Waals surface area (Å²) in [7, 11) is 0. The molecule has 0 fully saturated rings. The number of primary amides is 2. The van der Waals surface area contributed by atoms with Gasteiger partial charge in [0.25, 0.3) is 0 Å². The Labute approximate surface area is 93.8 Å². The summed E-state index contributed by atoms with van der Waals surface area (Å²) < 4.78 is 0. The Balaban J connectivity index is 4.29. The SMILES string of the molecule is CC(CN(CC(N)=O)CC(N)=O)C(N)=S. The normalized spacial score (nSPS) is 12.4. The third kappa shape index (κ3) is 6.81. The van der Waals surface area contributed by atoms with Crippen LogP contribution in [0.4, 0.5) is 0 Å². The molecule has 0 aliphatic rings. The van der Waals surface area contributed by atoms with Crippen LogP contribution in [0, 0.1) is 5.92 Å². The Kier molecular flexibility index (Phi) is 5.80. The first kappa shape index (κ1) is 13.8. The minimum atomic E-state index is -0.522. The van der Waals surface area contributed by atoms with E-state index < -0.39 is 11.8 Å². The molecule has 6 N–H and O–H groups in total. The third-order valence-electron chi connectivity index (χ3n) is 1.78.